The molecule has 3 nitrogen and oxygen atoms in total. The molecule has 1 aromatic carbocycles. The van der Waals surface area contributed by atoms with Crippen LogP contribution in [0.1, 0.15) is 5.56 Å². The van der Waals surface area contributed by atoms with Crippen molar-refractivity contribution in [2.24, 2.45) is 0 Å². The highest BCUT2D eigenvalue weighted by Crippen LogP contribution is 2.31. The molecule has 4 heteroatoms. The summed E-state index contributed by atoms with van der Waals surface area (Å²) in [6.07, 6.45) is 1.83. The molecule has 18 heavy (non-hydrogen) atoms. The second-order valence-corrected chi connectivity index (χ2v) is 4.65. The molecular formula is C14H16ClNO2. The Balaban J connectivity index is 2.38. The van der Waals surface area contributed by atoms with Crippen molar-refractivity contribution in [3.8, 4) is 5.75 Å². The van der Waals surface area contributed by atoms with Crippen LogP contribution in [0.2, 0.25) is 0 Å². The molecule has 0 unspecified atom stereocenters. The van der Waals surface area contributed by atoms with Gasteiger partial charge in [0.25, 0.3) is 0 Å². The Morgan fingerprint density at radius 1 is 1.33 bits per heavy atom. The number of aliphatic hydroxyl groups excluding tert-OH is 1. The number of aliphatic hydroxyl groups is 1. The van der Waals surface area contributed by atoms with Gasteiger partial charge in [0.05, 0.1) is 24.4 Å². The standard InChI is InChI=1S/C14H16ClNO2/c1-16-8-10(9-17)7-13(15)14(16)11-3-5-12(18-2)6-4-11/h3-7,17H,8-9H2,1-2H3. The summed E-state index contributed by atoms with van der Waals surface area (Å²) in [5, 5.41) is 9.81. The summed E-state index contributed by atoms with van der Waals surface area (Å²) in [4.78, 5) is 2.04. The summed E-state index contributed by atoms with van der Waals surface area (Å²) in [7, 11) is 3.61. The van der Waals surface area contributed by atoms with Crippen LogP contribution in [0.25, 0.3) is 5.70 Å². The Hall–Kier alpha value is -1.45. The van der Waals surface area contributed by atoms with Gasteiger partial charge in [-0.1, -0.05) is 11.6 Å². The first-order valence-corrected chi connectivity index (χ1v) is 6.09. The minimum atomic E-state index is 0.0381. The van der Waals surface area contributed by atoms with E-state index in [-0.39, 0.29) is 6.61 Å². The number of halogens is 1. The molecule has 0 fully saturated rings. The zero-order chi connectivity index (χ0) is 13.1. The van der Waals surface area contributed by atoms with Crippen molar-refractivity contribution in [1.29, 1.82) is 0 Å². The molecule has 1 heterocycles. The molecule has 0 atom stereocenters. The minimum Gasteiger partial charge on any atom is -0.497 e. The van der Waals surface area contributed by atoms with E-state index in [0.717, 1.165) is 22.6 Å². The Kier molecular flexibility index (Phi) is 3.94. The van der Waals surface area contributed by atoms with E-state index in [4.69, 9.17) is 21.4 Å². The number of allylic oxidation sites excluding steroid dienone is 2. The SMILES string of the molecule is COc1ccc(C2=C(Cl)C=C(CO)CN2C)cc1. The number of hydrogen-bond donors (Lipinski definition) is 1. The summed E-state index contributed by atoms with van der Waals surface area (Å²) in [6, 6.07) is 7.77. The molecule has 2 rings (SSSR count). The molecule has 0 bridgehead atoms. The highest BCUT2D eigenvalue weighted by Gasteiger charge is 2.18. The van der Waals surface area contributed by atoms with Crippen LogP contribution in [0.3, 0.4) is 0 Å². The van der Waals surface area contributed by atoms with Gasteiger partial charge in [0.1, 0.15) is 5.75 Å². The molecule has 0 aliphatic carbocycles. The van der Waals surface area contributed by atoms with E-state index in [0.29, 0.717) is 11.6 Å². The van der Waals surface area contributed by atoms with E-state index in [9.17, 15) is 0 Å². The van der Waals surface area contributed by atoms with Crippen LogP contribution in [0, 0.1) is 0 Å². The molecule has 0 saturated heterocycles. The molecule has 1 aliphatic heterocycles. The largest absolute Gasteiger partial charge is 0.497 e. The molecule has 1 aromatic rings. The van der Waals surface area contributed by atoms with Crippen molar-refractivity contribution >= 4 is 17.3 Å². The van der Waals surface area contributed by atoms with E-state index in [1.54, 1.807) is 7.11 Å². The van der Waals surface area contributed by atoms with Crippen LogP contribution >= 0.6 is 11.6 Å². The summed E-state index contributed by atoms with van der Waals surface area (Å²) in [5.74, 6) is 0.820. The first-order valence-electron chi connectivity index (χ1n) is 5.71. The van der Waals surface area contributed by atoms with Gasteiger partial charge in [-0.2, -0.15) is 0 Å². The number of benzene rings is 1. The van der Waals surface area contributed by atoms with Gasteiger partial charge in [-0.25, -0.2) is 0 Å². The fourth-order valence-electron chi connectivity index (χ4n) is 2.06. The average Bonchev–Trinajstić information content (AvgIpc) is 2.38. The van der Waals surface area contributed by atoms with Crippen LogP contribution in [-0.4, -0.2) is 37.3 Å². The lowest BCUT2D eigenvalue weighted by molar-refractivity contribution is 0.317. The maximum atomic E-state index is 9.16. The van der Waals surface area contributed by atoms with Gasteiger partial charge >= 0.3 is 0 Å². The van der Waals surface area contributed by atoms with Crippen LogP contribution in [0.4, 0.5) is 0 Å². The molecule has 0 amide bonds. The van der Waals surface area contributed by atoms with Crippen molar-refractivity contribution in [3.63, 3.8) is 0 Å². The van der Waals surface area contributed by atoms with Crippen LogP contribution < -0.4 is 4.74 Å². The summed E-state index contributed by atoms with van der Waals surface area (Å²) in [6.45, 7) is 0.727. The van der Waals surface area contributed by atoms with Gasteiger partial charge in [0.15, 0.2) is 0 Å². The molecule has 0 aromatic heterocycles. The smallest absolute Gasteiger partial charge is 0.118 e. The second kappa shape index (κ2) is 5.46. The van der Waals surface area contributed by atoms with Crippen molar-refractivity contribution in [2.45, 2.75) is 0 Å². The number of ether oxygens (including phenoxy) is 1. The van der Waals surface area contributed by atoms with E-state index in [2.05, 4.69) is 0 Å². The van der Waals surface area contributed by atoms with Gasteiger partial charge in [0.2, 0.25) is 0 Å². The Labute approximate surface area is 112 Å². The van der Waals surface area contributed by atoms with Crippen LogP contribution in [-0.2, 0) is 0 Å². The maximum absolute atomic E-state index is 9.16. The quantitative estimate of drug-likeness (QED) is 0.911. The lowest BCUT2D eigenvalue weighted by atomic mass is 10.1. The molecule has 0 saturated carbocycles. The minimum absolute atomic E-state index is 0.0381. The van der Waals surface area contributed by atoms with E-state index in [1.165, 1.54) is 0 Å². The lowest BCUT2D eigenvalue weighted by Crippen LogP contribution is -2.24. The van der Waals surface area contributed by atoms with Crippen molar-refractivity contribution < 1.29 is 9.84 Å². The highest BCUT2D eigenvalue weighted by molar-refractivity contribution is 6.34. The Morgan fingerprint density at radius 3 is 2.50 bits per heavy atom. The van der Waals surface area contributed by atoms with Crippen LogP contribution in [0.5, 0.6) is 5.75 Å². The highest BCUT2D eigenvalue weighted by atomic mass is 35.5. The summed E-state index contributed by atoms with van der Waals surface area (Å²) < 4.78 is 5.14. The molecule has 1 N–H and O–H groups in total. The Bertz CT molecular complexity index is 491. The number of hydrogen-bond acceptors (Lipinski definition) is 3. The van der Waals surface area contributed by atoms with Gasteiger partial charge in [0, 0.05) is 13.6 Å². The fraction of sp³-hybridized carbons (Fsp3) is 0.286. The van der Waals surface area contributed by atoms with Gasteiger partial charge < -0.3 is 14.7 Å². The van der Waals surface area contributed by atoms with Crippen LogP contribution in [0.15, 0.2) is 40.9 Å². The van der Waals surface area contributed by atoms with Gasteiger partial charge in [-0.05, 0) is 41.5 Å². The first-order chi connectivity index (χ1) is 8.65. The number of nitrogens with zero attached hydrogens (tertiary/aromatic N) is 1. The van der Waals surface area contributed by atoms with Gasteiger partial charge in [-0.3, -0.25) is 0 Å². The zero-order valence-corrected chi connectivity index (χ0v) is 11.2. The molecule has 0 radical (unpaired) electrons. The van der Waals surface area contributed by atoms with Crippen molar-refractivity contribution in [1.82, 2.24) is 4.90 Å². The molecule has 0 spiro atoms. The predicted octanol–water partition coefficient (Wildman–Crippen LogP) is 2.47. The van der Waals surface area contributed by atoms with Crippen molar-refractivity contribution in [3.05, 3.63) is 46.5 Å². The fourth-order valence-corrected chi connectivity index (χ4v) is 2.47. The third kappa shape index (κ3) is 2.52. The topological polar surface area (TPSA) is 32.7 Å². The Morgan fingerprint density at radius 2 is 2.00 bits per heavy atom. The lowest BCUT2D eigenvalue weighted by Gasteiger charge is -2.28. The zero-order valence-electron chi connectivity index (χ0n) is 10.5. The number of methoxy groups -OCH3 is 1. The average molecular weight is 266 g/mol. The normalized spacial score (nSPS) is 15.8. The van der Waals surface area contributed by atoms with Gasteiger partial charge in [-0.15, -0.1) is 0 Å². The number of likely N-dealkylation sites (N-methyl/N-ethyl adjacent to an activating group) is 1. The van der Waals surface area contributed by atoms with E-state index in [1.807, 2.05) is 42.3 Å². The monoisotopic (exact) mass is 265 g/mol. The predicted molar refractivity (Wildman–Crippen MR) is 73.6 cm³/mol. The number of rotatable bonds is 3. The molecule has 1 aliphatic rings. The third-order valence-electron chi connectivity index (χ3n) is 2.95. The molecular weight excluding hydrogens is 250 g/mol. The summed E-state index contributed by atoms with van der Waals surface area (Å²) >= 11 is 6.28. The van der Waals surface area contributed by atoms with E-state index < -0.39 is 0 Å². The summed E-state index contributed by atoms with van der Waals surface area (Å²) in [5.41, 5.74) is 2.92. The first kappa shape index (κ1) is 13.0. The second-order valence-electron chi connectivity index (χ2n) is 4.24. The maximum Gasteiger partial charge on any atom is 0.118 e. The van der Waals surface area contributed by atoms with E-state index >= 15 is 0 Å². The van der Waals surface area contributed by atoms with Crippen molar-refractivity contribution in [2.75, 3.05) is 27.3 Å². The molecule has 96 valence electrons. The third-order valence-corrected chi connectivity index (χ3v) is 3.23.